The van der Waals surface area contributed by atoms with Gasteiger partial charge in [0, 0.05) is 31.0 Å². The van der Waals surface area contributed by atoms with E-state index in [-0.39, 0.29) is 6.61 Å². The van der Waals surface area contributed by atoms with Crippen molar-refractivity contribution < 1.29 is 14.4 Å². The molecule has 4 rings (SSSR count). The van der Waals surface area contributed by atoms with Gasteiger partial charge in [-0.2, -0.15) is 0 Å². The van der Waals surface area contributed by atoms with Crippen LogP contribution in [-0.2, 0) is 6.54 Å². The molecule has 0 aliphatic carbocycles. The number of hydrogen-bond donors (Lipinski definition) is 2. The molecule has 0 radical (unpaired) electrons. The minimum absolute atomic E-state index is 0.205. The summed E-state index contributed by atoms with van der Waals surface area (Å²) >= 11 is 1.60. The number of aromatic nitrogens is 2. The van der Waals surface area contributed by atoms with Crippen LogP contribution in [0.3, 0.4) is 0 Å². The van der Waals surface area contributed by atoms with E-state index in [9.17, 15) is 5.11 Å². The summed E-state index contributed by atoms with van der Waals surface area (Å²) in [6.07, 6.45) is 2.93. The van der Waals surface area contributed by atoms with Crippen molar-refractivity contribution in [2.45, 2.75) is 12.6 Å². The number of nitrogens with one attached hydrogen (secondary N) is 1. The quantitative estimate of drug-likeness (QED) is 0.486. The van der Waals surface area contributed by atoms with Gasteiger partial charge in [-0.25, -0.2) is 0 Å². The van der Waals surface area contributed by atoms with Crippen molar-refractivity contribution in [1.29, 1.82) is 0 Å². The minimum Gasteiger partial charge on any atom is -0.491 e. The van der Waals surface area contributed by atoms with Crippen LogP contribution in [0.4, 0.5) is 0 Å². The van der Waals surface area contributed by atoms with Crippen molar-refractivity contribution in [3.8, 4) is 17.0 Å². The molecule has 1 atom stereocenters. The Bertz CT molecular complexity index is 1000. The van der Waals surface area contributed by atoms with Crippen LogP contribution in [0.25, 0.3) is 21.5 Å². The van der Waals surface area contributed by atoms with Gasteiger partial charge in [-0.3, -0.25) is 4.98 Å². The smallest absolute Gasteiger partial charge is 0.178 e. The molecule has 6 nitrogen and oxygen atoms in total. The average molecular weight is 381 g/mol. The summed E-state index contributed by atoms with van der Waals surface area (Å²) in [6.45, 7) is 1.30. The van der Waals surface area contributed by atoms with E-state index in [0.29, 0.717) is 18.8 Å². The Balaban J connectivity index is 1.31. The first-order valence-electron chi connectivity index (χ1n) is 8.63. The van der Waals surface area contributed by atoms with E-state index in [4.69, 9.17) is 9.26 Å². The Hall–Kier alpha value is -2.74. The molecule has 0 aliphatic heterocycles. The molecule has 0 aliphatic rings. The number of rotatable bonds is 8. The van der Waals surface area contributed by atoms with Gasteiger partial charge in [0.1, 0.15) is 28.9 Å². The van der Waals surface area contributed by atoms with Crippen LogP contribution >= 0.6 is 11.3 Å². The molecule has 0 fully saturated rings. The van der Waals surface area contributed by atoms with Gasteiger partial charge >= 0.3 is 0 Å². The maximum Gasteiger partial charge on any atom is 0.178 e. The van der Waals surface area contributed by atoms with Gasteiger partial charge in [-0.1, -0.05) is 23.4 Å². The number of hydrogen-bond acceptors (Lipinski definition) is 7. The fourth-order valence-corrected chi connectivity index (χ4v) is 3.55. The molecule has 0 saturated carbocycles. The van der Waals surface area contributed by atoms with Crippen molar-refractivity contribution in [3.05, 3.63) is 65.8 Å². The molecule has 7 heteroatoms. The topological polar surface area (TPSA) is 80.4 Å². The standard InChI is InChI=1S/C20H19N3O3S/c24-16(12-22-11-14-3-2-7-21-10-14)13-25-17-5-1-4-15(9-17)19-20-18(26-23-19)6-8-27-20/h1-10,16,22,24H,11-13H2. The van der Waals surface area contributed by atoms with Gasteiger partial charge in [0.25, 0.3) is 0 Å². The fourth-order valence-electron chi connectivity index (χ4n) is 2.73. The third kappa shape index (κ3) is 4.33. The number of pyridine rings is 1. The lowest BCUT2D eigenvalue weighted by molar-refractivity contribution is 0.106. The van der Waals surface area contributed by atoms with E-state index >= 15 is 0 Å². The maximum atomic E-state index is 10.1. The maximum absolute atomic E-state index is 10.1. The van der Waals surface area contributed by atoms with Gasteiger partial charge in [-0.05, 0) is 35.2 Å². The Labute approximate surface area is 160 Å². The Morgan fingerprint density at radius 2 is 2.19 bits per heavy atom. The molecule has 3 heterocycles. The zero-order valence-corrected chi connectivity index (χ0v) is 15.4. The Morgan fingerprint density at radius 1 is 1.22 bits per heavy atom. The van der Waals surface area contributed by atoms with E-state index in [2.05, 4.69) is 15.5 Å². The summed E-state index contributed by atoms with van der Waals surface area (Å²) in [7, 11) is 0. The zero-order valence-electron chi connectivity index (χ0n) is 14.5. The van der Waals surface area contributed by atoms with Crippen molar-refractivity contribution in [2.24, 2.45) is 0 Å². The first kappa shape index (κ1) is 17.7. The third-order valence-electron chi connectivity index (χ3n) is 4.06. The van der Waals surface area contributed by atoms with Crippen LogP contribution in [0.2, 0.25) is 0 Å². The van der Waals surface area contributed by atoms with Crippen LogP contribution in [0.5, 0.6) is 5.75 Å². The SMILES string of the molecule is OC(CNCc1cccnc1)COc1cccc(-c2noc3ccsc23)c1. The summed E-state index contributed by atoms with van der Waals surface area (Å²) in [4.78, 5) is 4.06. The molecular formula is C20H19N3O3S. The highest BCUT2D eigenvalue weighted by atomic mass is 32.1. The molecule has 27 heavy (non-hydrogen) atoms. The Morgan fingerprint density at radius 3 is 3.07 bits per heavy atom. The molecule has 138 valence electrons. The molecule has 1 unspecified atom stereocenters. The van der Waals surface area contributed by atoms with Crippen LogP contribution in [-0.4, -0.2) is 34.5 Å². The molecule has 4 aromatic rings. The highest BCUT2D eigenvalue weighted by Crippen LogP contribution is 2.33. The highest BCUT2D eigenvalue weighted by Gasteiger charge is 2.12. The largest absolute Gasteiger partial charge is 0.491 e. The molecule has 0 spiro atoms. The predicted octanol–water partition coefficient (Wildman–Crippen LogP) is 3.48. The predicted molar refractivity (Wildman–Crippen MR) is 105 cm³/mol. The Kier molecular flexibility index (Phi) is 5.43. The number of benzene rings is 1. The highest BCUT2D eigenvalue weighted by molar-refractivity contribution is 7.17. The molecule has 2 N–H and O–H groups in total. The number of nitrogens with zero attached hydrogens (tertiary/aromatic N) is 2. The molecule has 1 aromatic carbocycles. The van der Waals surface area contributed by atoms with Crippen molar-refractivity contribution >= 4 is 21.6 Å². The number of aliphatic hydroxyl groups is 1. The van der Waals surface area contributed by atoms with Crippen molar-refractivity contribution in [2.75, 3.05) is 13.2 Å². The molecule has 0 saturated heterocycles. The lowest BCUT2D eigenvalue weighted by atomic mass is 10.1. The van der Waals surface area contributed by atoms with Crippen LogP contribution in [0.1, 0.15) is 5.56 Å². The van der Waals surface area contributed by atoms with E-state index in [1.54, 1.807) is 23.7 Å². The van der Waals surface area contributed by atoms with Crippen LogP contribution in [0.15, 0.2) is 64.8 Å². The van der Waals surface area contributed by atoms with Crippen molar-refractivity contribution in [3.63, 3.8) is 0 Å². The van der Waals surface area contributed by atoms with E-state index in [1.807, 2.05) is 47.8 Å². The van der Waals surface area contributed by atoms with Gasteiger partial charge in [-0.15, -0.1) is 11.3 Å². The summed E-state index contributed by atoms with van der Waals surface area (Å²) in [6, 6.07) is 13.4. The van der Waals surface area contributed by atoms with Crippen LogP contribution < -0.4 is 10.1 Å². The minimum atomic E-state index is -0.610. The lowest BCUT2D eigenvalue weighted by Gasteiger charge is -2.13. The number of aliphatic hydroxyl groups excluding tert-OH is 1. The second-order valence-electron chi connectivity index (χ2n) is 6.13. The fraction of sp³-hybridized carbons (Fsp3) is 0.200. The first-order chi connectivity index (χ1) is 13.3. The van der Waals surface area contributed by atoms with Gasteiger partial charge in [0.2, 0.25) is 0 Å². The number of thiophene rings is 1. The second-order valence-corrected chi connectivity index (χ2v) is 7.05. The second kappa shape index (κ2) is 8.30. The van der Waals surface area contributed by atoms with E-state index < -0.39 is 6.10 Å². The first-order valence-corrected chi connectivity index (χ1v) is 9.51. The summed E-state index contributed by atoms with van der Waals surface area (Å²) < 4.78 is 12.1. The van der Waals surface area contributed by atoms with E-state index in [1.165, 1.54) is 0 Å². The zero-order chi connectivity index (χ0) is 18.5. The third-order valence-corrected chi connectivity index (χ3v) is 4.96. The lowest BCUT2D eigenvalue weighted by Crippen LogP contribution is -2.31. The van der Waals surface area contributed by atoms with Gasteiger partial charge in [0.15, 0.2) is 5.58 Å². The van der Waals surface area contributed by atoms with Gasteiger partial charge < -0.3 is 19.7 Å². The van der Waals surface area contributed by atoms with Crippen LogP contribution in [0, 0.1) is 0 Å². The normalized spacial score (nSPS) is 12.3. The van der Waals surface area contributed by atoms with Crippen molar-refractivity contribution in [1.82, 2.24) is 15.5 Å². The summed E-state index contributed by atoms with van der Waals surface area (Å²) in [5.41, 5.74) is 3.60. The monoisotopic (exact) mass is 381 g/mol. The molecule has 3 aromatic heterocycles. The summed E-state index contributed by atoms with van der Waals surface area (Å²) in [5, 5.41) is 19.5. The number of ether oxygens (including phenoxy) is 1. The molecular weight excluding hydrogens is 362 g/mol. The molecule has 0 amide bonds. The summed E-state index contributed by atoms with van der Waals surface area (Å²) in [5.74, 6) is 0.687. The molecule has 0 bridgehead atoms. The van der Waals surface area contributed by atoms with Gasteiger partial charge in [0.05, 0.1) is 0 Å². The number of fused-ring (bicyclic) bond motifs is 1. The average Bonchev–Trinajstić information content (AvgIpc) is 3.31. The van der Waals surface area contributed by atoms with E-state index in [0.717, 1.165) is 27.1 Å².